The fraction of sp³-hybridized carbons (Fsp3) is 0.650. The molecule has 2 rings (SSSR count). The first-order chi connectivity index (χ1) is 13.3. The van der Waals surface area contributed by atoms with Crippen LogP contribution in [0.25, 0.3) is 0 Å². The monoisotopic (exact) mass is 413 g/mol. The Morgan fingerprint density at radius 3 is 2.50 bits per heavy atom. The maximum absolute atomic E-state index is 13.0. The van der Waals surface area contributed by atoms with Crippen LogP contribution in [-0.4, -0.2) is 63.3 Å². The zero-order valence-electron chi connectivity index (χ0n) is 16.9. The number of benzene rings is 1. The van der Waals surface area contributed by atoms with Gasteiger partial charge in [-0.15, -0.1) is 0 Å². The molecular formula is C20H32FN3O3S. The summed E-state index contributed by atoms with van der Waals surface area (Å²) in [6.07, 6.45) is 4.54. The summed E-state index contributed by atoms with van der Waals surface area (Å²) in [6, 6.07) is 4.74. The van der Waals surface area contributed by atoms with Crippen LogP contribution < -0.4 is 5.32 Å². The number of carbonyl (C=O) groups excluding carboxylic acids is 1. The molecule has 1 amide bonds. The number of likely N-dealkylation sites (tertiary alicyclic amines) is 1. The lowest BCUT2D eigenvalue weighted by Crippen LogP contribution is -2.38. The molecule has 0 bridgehead atoms. The maximum Gasteiger partial charge on any atom is 0.242 e. The molecule has 1 saturated heterocycles. The van der Waals surface area contributed by atoms with Crippen molar-refractivity contribution in [1.82, 2.24) is 14.5 Å². The van der Waals surface area contributed by atoms with Gasteiger partial charge in [-0.25, -0.2) is 17.1 Å². The Bertz CT molecular complexity index is 719. The highest BCUT2D eigenvalue weighted by molar-refractivity contribution is 7.89. The minimum absolute atomic E-state index is 0.0485. The van der Waals surface area contributed by atoms with E-state index in [2.05, 4.69) is 17.1 Å². The Balaban J connectivity index is 1.67. The zero-order valence-corrected chi connectivity index (χ0v) is 17.7. The van der Waals surface area contributed by atoms with Gasteiger partial charge in [0, 0.05) is 33.1 Å². The minimum Gasteiger partial charge on any atom is -0.356 e. The topological polar surface area (TPSA) is 69.7 Å². The van der Waals surface area contributed by atoms with Gasteiger partial charge in [-0.1, -0.05) is 13.3 Å². The summed E-state index contributed by atoms with van der Waals surface area (Å²) in [5.41, 5.74) is 0. The SMILES string of the molecule is CC(CNC(=O)CCCN(C)S(=O)(=O)c1ccc(F)cc1)CN1CCCCC1. The average molecular weight is 414 g/mol. The van der Waals surface area contributed by atoms with Crippen molar-refractivity contribution in [2.24, 2.45) is 5.92 Å². The van der Waals surface area contributed by atoms with Crippen molar-refractivity contribution in [3.05, 3.63) is 30.1 Å². The molecule has 1 aliphatic rings. The number of hydrogen-bond donors (Lipinski definition) is 1. The molecule has 28 heavy (non-hydrogen) atoms. The summed E-state index contributed by atoms with van der Waals surface area (Å²) in [5, 5.41) is 2.95. The Morgan fingerprint density at radius 1 is 1.21 bits per heavy atom. The third-order valence-electron chi connectivity index (χ3n) is 5.06. The van der Waals surface area contributed by atoms with E-state index in [0.29, 0.717) is 18.9 Å². The average Bonchev–Trinajstić information content (AvgIpc) is 2.67. The van der Waals surface area contributed by atoms with E-state index < -0.39 is 15.8 Å². The van der Waals surface area contributed by atoms with Crippen LogP contribution in [0, 0.1) is 11.7 Å². The van der Waals surface area contributed by atoms with Gasteiger partial charge in [0.15, 0.2) is 0 Å². The lowest BCUT2D eigenvalue weighted by molar-refractivity contribution is -0.121. The predicted octanol–water partition coefficient (Wildman–Crippen LogP) is 2.46. The van der Waals surface area contributed by atoms with Gasteiger partial charge < -0.3 is 10.2 Å². The first-order valence-corrected chi connectivity index (χ1v) is 11.4. The molecule has 1 atom stereocenters. The number of halogens is 1. The van der Waals surface area contributed by atoms with Crippen molar-refractivity contribution < 1.29 is 17.6 Å². The summed E-state index contributed by atoms with van der Waals surface area (Å²) < 4.78 is 39.0. The van der Waals surface area contributed by atoms with Gasteiger partial charge in [0.25, 0.3) is 0 Å². The van der Waals surface area contributed by atoms with Crippen molar-refractivity contribution in [1.29, 1.82) is 0 Å². The Morgan fingerprint density at radius 2 is 1.86 bits per heavy atom. The van der Waals surface area contributed by atoms with Gasteiger partial charge >= 0.3 is 0 Å². The third-order valence-corrected chi connectivity index (χ3v) is 6.94. The largest absolute Gasteiger partial charge is 0.356 e. The van der Waals surface area contributed by atoms with E-state index in [9.17, 15) is 17.6 Å². The molecule has 1 fully saturated rings. The number of amides is 1. The highest BCUT2D eigenvalue weighted by atomic mass is 32.2. The quantitative estimate of drug-likeness (QED) is 0.640. The van der Waals surface area contributed by atoms with Crippen molar-refractivity contribution in [3.63, 3.8) is 0 Å². The molecule has 0 aromatic heterocycles. The molecule has 1 unspecified atom stereocenters. The van der Waals surface area contributed by atoms with E-state index in [1.807, 2.05) is 0 Å². The summed E-state index contributed by atoms with van der Waals surface area (Å²) >= 11 is 0. The van der Waals surface area contributed by atoms with Gasteiger partial charge in [0.05, 0.1) is 4.90 Å². The molecule has 6 nitrogen and oxygen atoms in total. The Labute approximate surface area is 168 Å². The number of hydrogen-bond acceptors (Lipinski definition) is 4. The van der Waals surface area contributed by atoms with Gasteiger partial charge in [0.1, 0.15) is 5.82 Å². The van der Waals surface area contributed by atoms with E-state index in [1.165, 1.54) is 42.7 Å². The van der Waals surface area contributed by atoms with Crippen LogP contribution in [0.4, 0.5) is 4.39 Å². The summed E-state index contributed by atoms with van der Waals surface area (Å²) in [5.74, 6) is -0.144. The molecule has 0 spiro atoms. The van der Waals surface area contributed by atoms with E-state index in [-0.39, 0.29) is 23.8 Å². The molecule has 8 heteroatoms. The predicted molar refractivity (Wildman–Crippen MR) is 108 cm³/mol. The van der Waals surface area contributed by atoms with Crippen LogP contribution in [0.1, 0.15) is 39.0 Å². The van der Waals surface area contributed by atoms with Crippen molar-refractivity contribution in [3.8, 4) is 0 Å². The molecule has 158 valence electrons. The van der Waals surface area contributed by atoms with Crippen LogP contribution in [-0.2, 0) is 14.8 Å². The van der Waals surface area contributed by atoms with Gasteiger partial charge in [-0.05, 0) is 62.5 Å². The lowest BCUT2D eigenvalue weighted by atomic mass is 10.1. The van der Waals surface area contributed by atoms with Gasteiger partial charge in [0.2, 0.25) is 15.9 Å². The summed E-state index contributed by atoms with van der Waals surface area (Å²) in [4.78, 5) is 14.5. The lowest BCUT2D eigenvalue weighted by Gasteiger charge is -2.29. The fourth-order valence-electron chi connectivity index (χ4n) is 3.39. The van der Waals surface area contributed by atoms with Crippen LogP contribution in [0.3, 0.4) is 0 Å². The number of nitrogens with one attached hydrogen (secondary N) is 1. The smallest absolute Gasteiger partial charge is 0.242 e. The standard InChI is InChI=1S/C20H32FN3O3S/c1-17(16-24-13-4-3-5-14-24)15-22-20(25)7-6-12-23(2)28(26,27)19-10-8-18(21)9-11-19/h8-11,17H,3-7,12-16H2,1-2H3,(H,22,25). The maximum atomic E-state index is 13.0. The Kier molecular flexibility index (Phi) is 8.85. The fourth-order valence-corrected chi connectivity index (χ4v) is 4.60. The molecule has 0 saturated carbocycles. The highest BCUT2D eigenvalue weighted by Crippen LogP contribution is 2.15. The minimum atomic E-state index is -3.67. The second-order valence-electron chi connectivity index (χ2n) is 7.65. The van der Waals surface area contributed by atoms with E-state index in [1.54, 1.807) is 0 Å². The second-order valence-corrected chi connectivity index (χ2v) is 9.70. The molecule has 1 N–H and O–H groups in total. The van der Waals surface area contributed by atoms with Crippen molar-refractivity contribution in [2.75, 3.05) is 39.8 Å². The first kappa shape index (κ1) is 22.8. The number of carbonyl (C=O) groups is 1. The molecule has 1 aromatic carbocycles. The molecular weight excluding hydrogens is 381 g/mol. The van der Waals surface area contributed by atoms with E-state index >= 15 is 0 Å². The van der Waals surface area contributed by atoms with Crippen LogP contribution in [0.5, 0.6) is 0 Å². The zero-order chi connectivity index (χ0) is 20.6. The van der Waals surface area contributed by atoms with Crippen molar-refractivity contribution in [2.45, 2.75) is 43.9 Å². The number of piperidine rings is 1. The second kappa shape index (κ2) is 10.9. The van der Waals surface area contributed by atoms with Gasteiger partial charge in [-0.2, -0.15) is 0 Å². The summed E-state index contributed by atoms with van der Waals surface area (Å²) in [7, 11) is -2.20. The van der Waals surface area contributed by atoms with Gasteiger partial charge in [-0.3, -0.25) is 4.79 Å². The van der Waals surface area contributed by atoms with E-state index in [4.69, 9.17) is 0 Å². The number of sulfonamides is 1. The third kappa shape index (κ3) is 7.14. The number of rotatable bonds is 10. The number of nitrogens with zero attached hydrogens (tertiary/aromatic N) is 2. The first-order valence-electron chi connectivity index (χ1n) is 10.00. The highest BCUT2D eigenvalue weighted by Gasteiger charge is 2.20. The molecule has 0 radical (unpaired) electrons. The van der Waals surface area contributed by atoms with Crippen LogP contribution in [0.2, 0.25) is 0 Å². The molecule has 0 aliphatic carbocycles. The van der Waals surface area contributed by atoms with E-state index in [0.717, 1.165) is 31.8 Å². The normalized spacial score (nSPS) is 16.9. The molecule has 1 aromatic rings. The van der Waals surface area contributed by atoms with Crippen molar-refractivity contribution >= 4 is 15.9 Å². The molecule has 1 heterocycles. The molecule has 1 aliphatic heterocycles. The van der Waals surface area contributed by atoms with Crippen LogP contribution in [0.15, 0.2) is 29.2 Å². The van der Waals surface area contributed by atoms with Crippen LogP contribution >= 0.6 is 0 Å². The summed E-state index contributed by atoms with van der Waals surface area (Å²) in [6.45, 7) is 6.30. The Hall–Kier alpha value is -1.51.